The van der Waals surface area contributed by atoms with E-state index in [1.165, 1.54) is 0 Å². The summed E-state index contributed by atoms with van der Waals surface area (Å²) < 4.78 is 26.1. The molecule has 2 aromatic heterocycles. The predicted octanol–water partition coefficient (Wildman–Crippen LogP) is 4.89. The third-order valence-corrected chi connectivity index (χ3v) is 7.71. The van der Waals surface area contributed by atoms with Crippen LogP contribution in [0.15, 0.2) is 95.4 Å². The van der Waals surface area contributed by atoms with E-state index in [0.717, 1.165) is 38.6 Å². The Hall–Kier alpha value is -4.24. The molecule has 0 spiro atoms. The van der Waals surface area contributed by atoms with E-state index in [2.05, 4.69) is 15.6 Å². The molecule has 4 aromatic carbocycles. The van der Waals surface area contributed by atoms with Gasteiger partial charge in [-0.2, -0.15) is 0 Å². The molecule has 8 nitrogen and oxygen atoms in total. The number of fused-ring (bicyclic) bond motifs is 3. The van der Waals surface area contributed by atoms with Gasteiger partial charge in [0, 0.05) is 34.3 Å². The van der Waals surface area contributed by atoms with E-state index in [9.17, 15) is 9.90 Å². The van der Waals surface area contributed by atoms with Crippen LogP contribution in [0.2, 0.25) is 0 Å². The van der Waals surface area contributed by atoms with Gasteiger partial charge in [0.25, 0.3) is 0 Å². The van der Waals surface area contributed by atoms with E-state index < -0.39 is 12.1 Å². The van der Waals surface area contributed by atoms with Gasteiger partial charge in [-0.15, -0.1) is 0 Å². The summed E-state index contributed by atoms with van der Waals surface area (Å²) in [7, 11) is 1.62. The molecule has 6 aromatic rings. The summed E-state index contributed by atoms with van der Waals surface area (Å²) in [5.74, 6) is 1.86. The second-order valence-corrected chi connectivity index (χ2v) is 11.0. The van der Waals surface area contributed by atoms with Gasteiger partial charge in [-0.05, 0) is 55.0 Å². The number of aryl methyl sites for hydroxylation is 1. The summed E-state index contributed by atoms with van der Waals surface area (Å²) in [6.45, 7) is 6.36. The number of carboxylic acids is 1. The first-order valence-electron chi connectivity index (χ1n) is 14.5. The molecule has 0 aliphatic heterocycles. The van der Waals surface area contributed by atoms with Gasteiger partial charge < -0.3 is 28.3 Å². The Morgan fingerprint density at radius 3 is 2.38 bits per heavy atom. The summed E-state index contributed by atoms with van der Waals surface area (Å²) in [5, 5.41) is 11.7. The van der Waals surface area contributed by atoms with Crippen molar-refractivity contribution >= 4 is 27.8 Å². The fourth-order valence-electron chi connectivity index (χ4n) is 5.47. The molecule has 0 fully saturated rings. The molecule has 1 atom stereocenters. The van der Waals surface area contributed by atoms with Crippen LogP contribution in [-0.2, 0) is 17.9 Å². The van der Waals surface area contributed by atoms with Crippen LogP contribution in [0.3, 0.4) is 0 Å². The minimum absolute atomic E-state index is 0. The minimum atomic E-state index is -0.981. The number of hydrogen-bond donors (Lipinski definition) is 1. The first kappa shape index (κ1) is 32.2. The first-order valence-corrected chi connectivity index (χ1v) is 14.5. The van der Waals surface area contributed by atoms with Gasteiger partial charge in [0.1, 0.15) is 23.8 Å². The molecule has 0 amide bonds. The fourth-order valence-corrected chi connectivity index (χ4v) is 5.47. The summed E-state index contributed by atoms with van der Waals surface area (Å²) in [6.07, 6.45) is -0.953. The van der Waals surface area contributed by atoms with Gasteiger partial charge >= 0.3 is 35.5 Å². The number of oxazole rings is 1. The molecule has 2 heterocycles. The van der Waals surface area contributed by atoms with Crippen LogP contribution in [0.25, 0.3) is 33.3 Å². The van der Waals surface area contributed by atoms with Crippen LogP contribution in [0.4, 0.5) is 0 Å². The maximum atomic E-state index is 11.9. The Bertz CT molecular complexity index is 1950. The Kier molecular flexibility index (Phi) is 9.87. The number of para-hydroxylation sites is 1. The number of hydrogen-bond acceptors (Lipinski definition) is 6. The van der Waals surface area contributed by atoms with Crippen LogP contribution in [0.5, 0.6) is 17.2 Å². The van der Waals surface area contributed by atoms with Crippen molar-refractivity contribution < 1.29 is 58.1 Å². The number of carbonyl (C=O) groups is 1. The molecule has 0 aliphatic rings. The van der Waals surface area contributed by atoms with Gasteiger partial charge in [-0.1, -0.05) is 62.4 Å². The van der Waals surface area contributed by atoms with E-state index >= 15 is 0 Å². The molecule has 0 aliphatic carbocycles. The van der Waals surface area contributed by atoms with E-state index in [4.69, 9.17) is 18.6 Å². The topological polar surface area (TPSA) is 96.0 Å². The molecule has 0 saturated heterocycles. The molecule has 0 unspecified atom stereocenters. The second kappa shape index (κ2) is 13.8. The molecule has 0 radical (unpaired) electrons. The van der Waals surface area contributed by atoms with Gasteiger partial charge in [0.15, 0.2) is 17.6 Å². The van der Waals surface area contributed by atoms with E-state index in [1.54, 1.807) is 7.11 Å². The van der Waals surface area contributed by atoms with Crippen LogP contribution in [0, 0.1) is 12.8 Å². The summed E-state index contributed by atoms with van der Waals surface area (Å²) in [4.78, 5) is 16.6. The van der Waals surface area contributed by atoms with Crippen molar-refractivity contribution in [3.05, 3.63) is 108 Å². The quantitative estimate of drug-likeness (QED) is 0.208. The Balaban J connectivity index is 0.00000400. The maximum absolute atomic E-state index is 11.9. The standard InChI is InChI=1S/C36H34N2O6.Na/c1-22(2)34(36(39)40)44-31-16-10-15-29-33(31)26-13-8-9-14-28(26)38(29)20-24-17-18-30(32(19-24)41-4)42-21-27-23(3)43-35(37-27)25-11-6-5-7-12-25;/h5-19,22,34H,20-21H2,1-4H3,(H,39,40);/q;+1/t34-;/m1./s1. The van der Waals surface area contributed by atoms with Gasteiger partial charge in [-0.25, -0.2) is 9.78 Å². The normalized spacial score (nSPS) is 11.8. The number of rotatable bonds is 11. The molecule has 9 heteroatoms. The van der Waals surface area contributed by atoms with E-state index in [-0.39, 0.29) is 42.1 Å². The zero-order valence-corrected chi connectivity index (χ0v) is 28.1. The van der Waals surface area contributed by atoms with Gasteiger partial charge in [0.2, 0.25) is 5.89 Å². The van der Waals surface area contributed by atoms with Crippen LogP contribution in [0.1, 0.15) is 30.9 Å². The van der Waals surface area contributed by atoms with Crippen molar-refractivity contribution in [2.45, 2.75) is 40.0 Å². The summed E-state index contributed by atoms with van der Waals surface area (Å²) in [5.41, 5.74) is 4.62. The van der Waals surface area contributed by atoms with Crippen molar-refractivity contribution in [3.63, 3.8) is 0 Å². The summed E-state index contributed by atoms with van der Waals surface area (Å²) >= 11 is 0. The van der Waals surface area contributed by atoms with E-state index in [1.807, 2.05) is 106 Å². The molecule has 0 bridgehead atoms. The van der Waals surface area contributed by atoms with Crippen LogP contribution < -0.4 is 43.8 Å². The predicted molar refractivity (Wildman–Crippen MR) is 169 cm³/mol. The first-order chi connectivity index (χ1) is 21.3. The third kappa shape index (κ3) is 6.59. The Labute approximate surface area is 283 Å². The van der Waals surface area contributed by atoms with Crippen molar-refractivity contribution in [3.8, 4) is 28.7 Å². The molecular weight excluding hydrogens is 579 g/mol. The molecule has 0 saturated carbocycles. The number of benzene rings is 4. The van der Waals surface area contributed by atoms with E-state index in [0.29, 0.717) is 35.4 Å². The Morgan fingerprint density at radius 2 is 1.64 bits per heavy atom. The largest absolute Gasteiger partial charge is 1.00 e. The van der Waals surface area contributed by atoms with Crippen molar-refractivity contribution in [2.75, 3.05) is 7.11 Å². The van der Waals surface area contributed by atoms with Crippen molar-refractivity contribution in [2.24, 2.45) is 5.92 Å². The monoisotopic (exact) mass is 613 g/mol. The van der Waals surface area contributed by atoms with Crippen molar-refractivity contribution in [1.82, 2.24) is 9.55 Å². The molecule has 224 valence electrons. The SMILES string of the molecule is COc1cc(Cn2c3ccccc3c3c(O[C@@H](C(=O)O)C(C)C)cccc32)ccc1OCc1nc(-c2ccccc2)oc1C.[Na+]. The Morgan fingerprint density at radius 1 is 0.911 bits per heavy atom. The number of aromatic nitrogens is 2. The average Bonchev–Trinajstić information content (AvgIpc) is 3.57. The van der Waals surface area contributed by atoms with Crippen molar-refractivity contribution in [1.29, 1.82) is 0 Å². The van der Waals surface area contributed by atoms with Crippen LogP contribution in [-0.4, -0.2) is 33.8 Å². The number of aliphatic carboxylic acids is 1. The molecule has 45 heavy (non-hydrogen) atoms. The van der Waals surface area contributed by atoms with Gasteiger partial charge in [-0.3, -0.25) is 0 Å². The molecule has 6 rings (SSSR count). The van der Waals surface area contributed by atoms with Gasteiger partial charge in [0.05, 0.1) is 12.6 Å². The number of methoxy groups -OCH3 is 1. The molecule has 1 N–H and O–H groups in total. The smallest absolute Gasteiger partial charge is 0.493 e. The third-order valence-electron chi connectivity index (χ3n) is 7.71. The maximum Gasteiger partial charge on any atom is 1.00 e. The fraction of sp³-hybridized carbons (Fsp3) is 0.222. The zero-order chi connectivity index (χ0) is 30.8. The second-order valence-electron chi connectivity index (χ2n) is 11.0. The number of ether oxygens (including phenoxy) is 3. The number of nitrogens with zero attached hydrogens (tertiary/aromatic N) is 2. The average molecular weight is 614 g/mol. The minimum Gasteiger partial charge on any atom is -0.493 e. The zero-order valence-electron chi connectivity index (χ0n) is 26.1. The summed E-state index contributed by atoms with van der Waals surface area (Å²) in [6, 6.07) is 29.5. The van der Waals surface area contributed by atoms with Crippen LogP contribution >= 0.6 is 0 Å². The number of carboxylic acid groups (broad SMARTS) is 1. The molecular formula is C36H34N2NaO6+.